The monoisotopic (exact) mass is 904 g/mol. The number of nitrogens with zero attached hydrogens (tertiary/aromatic N) is 2. The Balaban J connectivity index is 1.27. The standard InChI is InChI=1S/C34H28N6O16S4/c1-55-23-11-15(3-7-19(23)37-39-21-9-5-17-25(57(43,44)45)13-27(59(49,50)51)31(35)29(17)33(21)41)16-4-8-20(24(12-16)56-2)38-40-22-10-6-18-26(58(46,47)48)14-28(60(52,53)54)32(36)30(18)34(22)42/h3-14,37-38H,35-36H2,1-2H3,(H,43,44,45)(H,46,47,48)(H,49,50,51)(H,52,53,54)/b39-21+,40-22?. The zero-order chi connectivity index (χ0) is 44.3. The number of anilines is 4. The highest BCUT2D eigenvalue weighted by atomic mass is 32.2. The number of Topliss-reactive ketones (excluding diaryl/α,β-unsaturated/α-hetero) is 2. The van der Waals surface area contributed by atoms with Crippen LogP contribution in [-0.4, -0.2) is 89.1 Å². The van der Waals surface area contributed by atoms with Crippen LogP contribution in [0.2, 0.25) is 0 Å². The van der Waals surface area contributed by atoms with Crippen LogP contribution in [0.25, 0.3) is 23.3 Å². The third-order valence-electron chi connectivity index (χ3n) is 8.84. The Morgan fingerprint density at radius 1 is 0.517 bits per heavy atom. The Morgan fingerprint density at radius 2 is 0.850 bits per heavy atom. The van der Waals surface area contributed by atoms with E-state index in [4.69, 9.17) is 20.9 Å². The second-order valence-corrected chi connectivity index (χ2v) is 18.0. The molecular formula is C34H28N6O16S4. The molecular weight excluding hydrogens is 877 g/mol. The third kappa shape index (κ3) is 8.07. The fraction of sp³-hybridized carbons (Fsp3) is 0.0588. The van der Waals surface area contributed by atoms with Gasteiger partial charge < -0.3 is 20.9 Å². The van der Waals surface area contributed by atoms with Crippen molar-refractivity contribution in [2.75, 3.05) is 36.5 Å². The summed E-state index contributed by atoms with van der Waals surface area (Å²) in [6.45, 7) is 0. The number of hydrazone groups is 2. The van der Waals surface area contributed by atoms with Gasteiger partial charge in [0, 0.05) is 11.1 Å². The van der Waals surface area contributed by atoms with E-state index in [0.29, 0.717) is 23.3 Å². The van der Waals surface area contributed by atoms with E-state index in [2.05, 4.69) is 21.1 Å². The van der Waals surface area contributed by atoms with Gasteiger partial charge in [-0.2, -0.15) is 43.9 Å². The Kier molecular flexibility index (Phi) is 11.0. The summed E-state index contributed by atoms with van der Waals surface area (Å²) in [6.07, 6.45) is 4.29. The number of fused-ring (bicyclic) bond motifs is 2. The molecule has 0 spiro atoms. The molecule has 6 rings (SSSR count). The highest BCUT2D eigenvalue weighted by Gasteiger charge is 2.35. The van der Waals surface area contributed by atoms with Gasteiger partial charge in [-0.15, -0.1) is 0 Å². The van der Waals surface area contributed by atoms with E-state index in [-0.39, 0.29) is 34.3 Å². The number of carbonyl (C=O) groups excluding carboxylic acids is 2. The number of nitrogen functional groups attached to an aromatic ring is 2. The van der Waals surface area contributed by atoms with E-state index >= 15 is 0 Å². The molecule has 0 atom stereocenters. The second-order valence-electron chi connectivity index (χ2n) is 12.4. The maximum Gasteiger partial charge on any atom is 0.296 e. The van der Waals surface area contributed by atoms with Crippen molar-refractivity contribution in [1.29, 1.82) is 0 Å². The van der Waals surface area contributed by atoms with Crippen LogP contribution in [0.5, 0.6) is 11.5 Å². The molecule has 0 fully saturated rings. The number of hydrogen-bond acceptors (Lipinski definition) is 18. The van der Waals surface area contributed by atoms with Crippen molar-refractivity contribution in [2.45, 2.75) is 19.6 Å². The second kappa shape index (κ2) is 15.3. The number of nitrogens with two attached hydrogens (primary N) is 2. The number of ether oxygens (including phenoxy) is 2. The maximum atomic E-state index is 13.4. The van der Waals surface area contributed by atoms with Gasteiger partial charge in [-0.1, -0.05) is 24.3 Å². The smallest absolute Gasteiger partial charge is 0.296 e. The van der Waals surface area contributed by atoms with Crippen LogP contribution in [0.15, 0.2) is 90.5 Å². The zero-order valence-electron chi connectivity index (χ0n) is 30.3. The van der Waals surface area contributed by atoms with Crippen molar-refractivity contribution in [1.82, 2.24) is 0 Å². The first-order valence-corrected chi connectivity index (χ1v) is 21.9. The van der Waals surface area contributed by atoms with E-state index in [0.717, 1.165) is 24.3 Å². The van der Waals surface area contributed by atoms with Crippen LogP contribution in [-0.2, 0) is 40.5 Å². The number of rotatable bonds is 11. The van der Waals surface area contributed by atoms with Crippen molar-refractivity contribution in [2.24, 2.45) is 10.2 Å². The van der Waals surface area contributed by atoms with Crippen molar-refractivity contribution >= 4 is 98.4 Å². The first-order chi connectivity index (χ1) is 27.9. The molecule has 0 aliphatic heterocycles. The van der Waals surface area contributed by atoms with Gasteiger partial charge in [0.2, 0.25) is 11.6 Å². The Morgan fingerprint density at radius 3 is 1.15 bits per heavy atom. The van der Waals surface area contributed by atoms with Crippen molar-refractivity contribution in [3.63, 3.8) is 0 Å². The molecule has 0 bridgehead atoms. The molecule has 0 amide bonds. The average Bonchev–Trinajstić information content (AvgIpc) is 3.15. The first kappa shape index (κ1) is 43.1. The largest absolute Gasteiger partial charge is 0.494 e. The maximum absolute atomic E-state index is 13.4. The number of hydrogen-bond donors (Lipinski definition) is 8. The molecule has 4 aromatic rings. The van der Waals surface area contributed by atoms with E-state index in [1.165, 1.54) is 26.4 Å². The SMILES string of the molecule is COc1cc(-c2ccc(N/N=C3\C=Cc4c(S(=O)(=O)O)cc(S(=O)(=O)O)c(N)c4C3=O)c(OC)c2)ccc1NN=C1C=Cc2c(S(=O)(=O)O)cc(S(=O)(=O)O)c(N)c2C1=O. The van der Waals surface area contributed by atoms with Gasteiger partial charge in [-0.05, 0) is 59.7 Å². The van der Waals surface area contributed by atoms with E-state index in [1.807, 2.05) is 0 Å². The summed E-state index contributed by atoms with van der Waals surface area (Å²) >= 11 is 0. The quantitative estimate of drug-likeness (QED) is 0.0609. The predicted molar refractivity (Wildman–Crippen MR) is 215 cm³/mol. The number of allylic oxidation sites excluding steroid dienone is 2. The number of benzene rings is 4. The van der Waals surface area contributed by atoms with Gasteiger partial charge in [0.1, 0.15) is 42.5 Å². The lowest BCUT2D eigenvalue weighted by Crippen LogP contribution is -2.23. The molecule has 0 unspecified atom stereocenters. The third-order valence-corrected chi connectivity index (χ3v) is 12.4. The summed E-state index contributed by atoms with van der Waals surface area (Å²) in [4.78, 5) is 22.6. The fourth-order valence-corrected chi connectivity index (χ4v) is 8.95. The summed E-state index contributed by atoms with van der Waals surface area (Å²) in [6, 6.07) is 10.3. The minimum atomic E-state index is -5.15. The number of methoxy groups -OCH3 is 2. The number of ketones is 2. The van der Waals surface area contributed by atoms with Gasteiger partial charge in [0.25, 0.3) is 40.5 Å². The van der Waals surface area contributed by atoms with Gasteiger partial charge in [-0.3, -0.25) is 38.7 Å². The van der Waals surface area contributed by atoms with E-state index < -0.39 is 105 Å². The number of carbonyl (C=O) groups is 2. The molecule has 0 radical (unpaired) electrons. The Labute approximate surface area is 339 Å². The van der Waals surface area contributed by atoms with Gasteiger partial charge >= 0.3 is 0 Å². The van der Waals surface area contributed by atoms with Crippen molar-refractivity contribution < 1.29 is 70.9 Å². The minimum Gasteiger partial charge on any atom is -0.494 e. The topological polar surface area (TPSA) is 371 Å². The van der Waals surface area contributed by atoms with Crippen molar-refractivity contribution in [3.05, 3.63) is 82.9 Å². The predicted octanol–water partition coefficient (Wildman–Crippen LogP) is 2.88. The molecule has 2 aliphatic carbocycles. The molecule has 10 N–H and O–H groups in total. The summed E-state index contributed by atoms with van der Waals surface area (Å²) < 4.78 is 145. The summed E-state index contributed by atoms with van der Waals surface area (Å²) in [5.41, 5.74) is 14.0. The molecule has 0 heterocycles. The first-order valence-electron chi connectivity index (χ1n) is 16.2. The summed E-state index contributed by atoms with van der Waals surface area (Å²) in [7, 11) is -17.8. The molecule has 22 nitrogen and oxygen atoms in total. The van der Waals surface area contributed by atoms with E-state index in [9.17, 15) is 61.5 Å². The lowest BCUT2D eigenvalue weighted by atomic mass is 9.93. The molecule has 60 heavy (non-hydrogen) atoms. The van der Waals surface area contributed by atoms with Crippen LogP contribution >= 0.6 is 0 Å². The highest BCUT2D eigenvalue weighted by molar-refractivity contribution is 7.87. The van der Waals surface area contributed by atoms with E-state index in [1.54, 1.807) is 24.3 Å². The molecule has 0 aromatic heterocycles. The fourth-order valence-electron chi connectivity index (χ4n) is 6.08. The normalized spacial score (nSPS) is 15.5. The molecule has 4 aromatic carbocycles. The van der Waals surface area contributed by atoms with Gasteiger partial charge in [0.05, 0.1) is 48.1 Å². The summed E-state index contributed by atoms with van der Waals surface area (Å²) in [5.74, 6) is -1.72. The summed E-state index contributed by atoms with van der Waals surface area (Å²) in [5, 5.41) is 8.08. The zero-order valence-corrected chi connectivity index (χ0v) is 33.6. The Bertz CT molecular complexity index is 2970. The van der Waals surface area contributed by atoms with Crippen LogP contribution in [0.4, 0.5) is 22.7 Å². The molecule has 0 saturated carbocycles. The molecule has 314 valence electrons. The van der Waals surface area contributed by atoms with Crippen molar-refractivity contribution in [3.8, 4) is 22.6 Å². The molecule has 2 aliphatic rings. The molecule has 26 heteroatoms. The minimum absolute atomic E-state index is 0.190. The number of nitrogens with one attached hydrogen (secondary N) is 2. The highest BCUT2D eigenvalue weighted by Crippen LogP contribution is 2.38. The van der Waals surface area contributed by atoms with Crippen LogP contribution < -0.4 is 31.8 Å². The van der Waals surface area contributed by atoms with Gasteiger partial charge in [-0.25, -0.2) is 0 Å². The van der Waals surface area contributed by atoms with Crippen LogP contribution in [0.1, 0.15) is 31.8 Å². The lowest BCUT2D eigenvalue weighted by molar-refractivity contribution is 0.105. The Hall–Kier alpha value is -6.52. The lowest BCUT2D eigenvalue weighted by Gasteiger charge is -2.18. The van der Waals surface area contributed by atoms with Gasteiger partial charge in [0.15, 0.2) is 0 Å². The van der Waals surface area contributed by atoms with Crippen LogP contribution in [0, 0.1) is 0 Å². The van der Waals surface area contributed by atoms with Crippen LogP contribution in [0.3, 0.4) is 0 Å². The molecule has 0 saturated heterocycles. The average molecular weight is 905 g/mol.